The minimum atomic E-state index is 0.274. The molecule has 100 valence electrons. The fourth-order valence-electron chi connectivity index (χ4n) is 2.61. The molecule has 0 aromatic heterocycles. The molecule has 1 aromatic rings. The molecule has 1 aliphatic rings. The van der Waals surface area contributed by atoms with E-state index in [2.05, 4.69) is 30.3 Å². The summed E-state index contributed by atoms with van der Waals surface area (Å²) in [6.45, 7) is 3.83. The summed E-state index contributed by atoms with van der Waals surface area (Å²) < 4.78 is 5.65. The van der Waals surface area contributed by atoms with Gasteiger partial charge in [0.25, 0.3) is 0 Å². The number of nitrogens with zero attached hydrogens (tertiary/aromatic N) is 1. The van der Waals surface area contributed by atoms with Crippen molar-refractivity contribution in [1.29, 1.82) is 0 Å². The average Bonchev–Trinajstić information content (AvgIpc) is 2.77. The topological polar surface area (TPSA) is 24.5 Å². The van der Waals surface area contributed by atoms with Crippen molar-refractivity contribution in [2.75, 3.05) is 25.6 Å². The van der Waals surface area contributed by atoms with Gasteiger partial charge in [0.1, 0.15) is 0 Å². The van der Waals surface area contributed by atoms with Crippen molar-refractivity contribution in [2.45, 2.75) is 32.0 Å². The Bertz CT molecular complexity index is 411. The highest BCUT2D eigenvalue weighted by atomic mass is 35.5. The normalized spacial score (nSPS) is 23.3. The second-order valence-corrected chi connectivity index (χ2v) is 5.28. The van der Waals surface area contributed by atoms with Crippen molar-refractivity contribution in [3.8, 4) is 0 Å². The third-order valence-electron chi connectivity index (χ3n) is 3.63. The van der Waals surface area contributed by atoms with Crippen LogP contribution < -0.4 is 10.2 Å². The number of rotatable bonds is 4. The average molecular weight is 269 g/mol. The van der Waals surface area contributed by atoms with E-state index < -0.39 is 0 Å². The molecule has 0 saturated carbocycles. The van der Waals surface area contributed by atoms with Gasteiger partial charge in [-0.3, -0.25) is 0 Å². The van der Waals surface area contributed by atoms with E-state index in [0.717, 1.165) is 24.6 Å². The fourth-order valence-corrected chi connectivity index (χ4v) is 2.78. The van der Waals surface area contributed by atoms with Crippen molar-refractivity contribution in [1.82, 2.24) is 5.32 Å². The van der Waals surface area contributed by atoms with Gasteiger partial charge in [0.15, 0.2) is 0 Å². The van der Waals surface area contributed by atoms with Crippen LogP contribution in [-0.2, 0) is 11.3 Å². The molecule has 1 aromatic carbocycles. The van der Waals surface area contributed by atoms with Crippen molar-refractivity contribution in [3.63, 3.8) is 0 Å². The Hall–Kier alpha value is -0.770. The Morgan fingerprint density at radius 2 is 2.28 bits per heavy atom. The largest absolute Gasteiger partial charge is 0.376 e. The molecule has 0 aliphatic carbocycles. The van der Waals surface area contributed by atoms with Crippen LogP contribution in [0.4, 0.5) is 5.69 Å². The lowest BCUT2D eigenvalue weighted by Gasteiger charge is -2.30. The molecule has 2 rings (SSSR count). The third-order valence-corrected chi connectivity index (χ3v) is 3.86. The molecule has 2 unspecified atom stereocenters. The molecule has 4 heteroatoms. The smallest absolute Gasteiger partial charge is 0.0750 e. The van der Waals surface area contributed by atoms with Crippen molar-refractivity contribution in [3.05, 3.63) is 28.8 Å². The van der Waals surface area contributed by atoms with Crippen LogP contribution in [-0.4, -0.2) is 32.8 Å². The number of likely N-dealkylation sites (N-methyl/N-ethyl adjacent to an activating group) is 1. The van der Waals surface area contributed by atoms with E-state index >= 15 is 0 Å². The van der Waals surface area contributed by atoms with Gasteiger partial charge in [-0.2, -0.15) is 0 Å². The highest BCUT2D eigenvalue weighted by Gasteiger charge is 2.28. The van der Waals surface area contributed by atoms with E-state index in [9.17, 15) is 0 Å². The summed E-state index contributed by atoms with van der Waals surface area (Å²) in [6, 6.07) is 6.50. The lowest BCUT2D eigenvalue weighted by atomic mass is 10.1. The number of anilines is 1. The minimum Gasteiger partial charge on any atom is -0.376 e. The molecule has 1 saturated heterocycles. The van der Waals surface area contributed by atoms with Gasteiger partial charge in [-0.25, -0.2) is 0 Å². The predicted molar refractivity (Wildman–Crippen MR) is 76.4 cm³/mol. The van der Waals surface area contributed by atoms with Crippen molar-refractivity contribution in [2.24, 2.45) is 0 Å². The summed E-state index contributed by atoms with van der Waals surface area (Å²) in [7, 11) is 4.08. The first-order valence-corrected chi connectivity index (χ1v) is 6.78. The maximum atomic E-state index is 6.13. The summed E-state index contributed by atoms with van der Waals surface area (Å²) in [5, 5.41) is 3.98. The van der Waals surface area contributed by atoms with Gasteiger partial charge in [-0.1, -0.05) is 17.7 Å². The Morgan fingerprint density at radius 1 is 1.50 bits per heavy atom. The molecule has 0 radical (unpaired) electrons. The second-order valence-electron chi connectivity index (χ2n) is 4.85. The van der Waals surface area contributed by atoms with Crippen molar-refractivity contribution >= 4 is 17.3 Å². The van der Waals surface area contributed by atoms with Crippen LogP contribution in [0.3, 0.4) is 0 Å². The molecule has 1 aliphatic heterocycles. The summed E-state index contributed by atoms with van der Waals surface area (Å²) in [5.74, 6) is 0. The van der Waals surface area contributed by atoms with Crippen LogP contribution in [0, 0.1) is 0 Å². The van der Waals surface area contributed by atoms with Gasteiger partial charge >= 0.3 is 0 Å². The molecule has 3 nitrogen and oxygen atoms in total. The quantitative estimate of drug-likeness (QED) is 0.909. The summed E-state index contributed by atoms with van der Waals surface area (Å²) >= 11 is 6.13. The third kappa shape index (κ3) is 2.79. The number of benzene rings is 1. The zero-order valence-electron chi connectivity index (χ0n) is 11.2. The Balaban J connectivity index is 2.27. The van der Waals surface area contributed by atoms with E-state index in [4.69, 9.17) is 16.3 Å². The van der Waals surface area contributed by atoms with Crippen LogP contribution in [0.15, 0.2) is 18.2 Å². The predicted octanol–water partition coefficient (Wildman–Crippen LogP) is 2.67. The van der Waals surface area contributed by atoms with Crippen LogP contribution in [0.1, 0.15) is 18.9 Å². The molecule has 0 bridgehead atoms. The van der Waals surface area contributed by atoms with E-state index in [0.29, 0.717) is 6.04 Å². The maximum absolute atomic E-state index is 6.13. The SMILES string of the molecule is CNCc1ccc(Cl)cc1N(C)C1CCOC1C. The monoisotopic (exact) mass is 268 g/mol. The number of nitrogens with one attached hydrogen (secondary N) is 1. The zero-order chi connectivity index (χ0) is 13.1. The molecule has 18 heavy (non-hydrogen) atoms. The first-order chi connectivity index (χ1) is 8.63. The standard InChI is InChI=1S/C14H21ClN2O/c1-10-13(6-7-18-10)17(3)14-8-12(15)5-4-11(14)9-16-2/h4-5,8,10,13,16H,6-7,9H2,1-3H3. The minimum absolute atomic E-state index is 0.274. The summed E-state index contributed by atoms with van der Waals surface area (Å²) in [4.78, 5) is 2.30. The lowest BCUT2D eigenvalue weighted by molar-refractivity contribution is 0.118. The molecule has 1 N–H and O–H groups in total. The van der Waals surface area contributed by atoms with E-state index in [-0.39, 0.29) is 6.10 Å². The number of hydrogen-bond donors (Lipinski definition) is 1. The highest BCUT2D eigenvalue weighted by molar-refractivity contribution is 6.30. The van der Waals surface area contributed by atoms with E-state index in [1.807, 2.05) is 19.2 Å². The van der Waals surface area contributed by atoms with Gasteiger partial charge in [-0.05, 0) is 38.1 Å². The first-order valence-electron chi connectivity index (χ1n) is 6.41. The van der Waals surface area contributed by atoms with E-state index in [1.54, 1.807) is 0 Å². The van der Waals surface area contributed by atoms with Gasteiger partial charge < -0.3 is 15.0 Å². The summed E-state index contributed by atoms with van der Waals surface area (Å²) in [6.07, 6.45) is 1.35. The molecule has 1 heterocycles. The second kappa shape index (κ2) is 5.91. The molecular weight excluding hydrogens is 248 g/mol. The van der Waals surface area contributed by atoms with Gasteiger partial charge in [0.05, 0.1) is 12.1 Å². The number of hydrogen-bond acceptors (Lipinski definition) is 3. The van der Waals surface area contributed by atoms with Gasteiger partial charge in [0, 0.05) is 30.9 Å². The highest BCUT2D eigenvalue weighted by Crippen LogP contribution is 2.29. The molecule has 0 spiro atoms. The lowest BCUT2D eigenvalue weighted by Crippen LogP contribution is -2.37. The maximum Gasteiger partial charge on any atom is 0.0750 e. The Kier molecular flexibility index (Phi) is 4.49. The van der Waals surface area contributed by atoms with Crippen LogP contribution >= 0.6 is 11.6 Å². The number of halogens is 1. The van der Waals surface area contributed by atoms with Gasteiger partial charge in [-0.15, -0.1) is 0 Å². The Labute approximate surface area is 114 Å². The fraction of sp³-hybridized carbons (Fsp3) is 0.571. The first kappa shape index (κ1) is 13.7. The van der Waals surface area contributed by atoms with Crippen molar-refractivity contribution < 1.29 is 4.74 Å². The zero-order valence-corrected chi connectivity index (χ0v) is 12.0. The van der Waals surface area contributed by atoms with E-state index in [1.165, 1.54) is 11.3 Å². The molecule has 0 amide bonds. The Morgan fingerprint density at radius 3 is 2.89 bits per heavy atom. The van der Waals surface area contributed by atoms with Crippen LogP contribution in [0.2, 0.25) is 5.02 Å². The van der Waals surface area contributed by atoms with Crippen LogP contribution in [0.5, 0.6) is 0 Å². The molecular formula is C14H21ClN2O. The molecule has 2 atom stereocenters. The van der Waals surface area contributed by atoms with Crippen LogP contribution in [0.25, 0.3) is 0 Å². The number of ether oxygens (including phenoxy) is 1. The van der Waals surface area contributed by atoms with Gasteiger partial charge in [0.2, 0.25) is 0 Å². The summed E-state index contributed by atoms with van der Waals surface area (Å²) in [5.41, 5.74) is 2.46. The molecule has 1 fully saturated rings.